The third kappa shape index (κ3) is 1.90. The zero-order valence-electron chi connectivity index (χ0n) is 8.05. The van der Waals surface area contributed by atoms with Gasteiger partial charge in [0.15, 0.2) is 9.84 Å². The first-order valence-corrected chi connectivity index (χ1v) is 6.66. The lowest BCUT2D eigenvalue weighted by Crippen LogP contribution is -2.48. The lowest BCUT2D eigenvalue weighted by Gasteiger charge is -2.38. The molecule has 15 heavy (non-hydrogen) atoms. The van der Waals surface area contributed by atoms with Crippen molar-refractivity contribution in [3.05, 3.63) is 0 Å². The van der Waals surface area contributed by atoms with Gasteiger partial charge in [-0.15, -0.1) is 0 Å². The van der Waals surface area contributed by atoms with Gasteiger partial charge in [-0.1, -0.05) is 0 Å². The summed E-state index contributed by atoms with van der Waals surface area (Å²) in [5.41, 5.74) is 0. The van der Waals surface area contributed by atoms with Crippen molar-refractivity contribution in [1.29, 1.82) is 0 Å². The highest BCUT2D eigenvalue weighted by Gasteiger charge is 2.48. The van der Waals surface area contributed by atoms with Crippen molar-refractivity contribution in [3.63, 3.8) is 0 Å². The second kappa shape index (κ2) is 3.30. The van der Waals surface area contributed by atoms with Gasteiger partial charge in [0.25, 0.3) is 0 Å². The number of carboxylic acids is 1. The van der Waals surface area contributed by atoms with Gasteiger partial charge in [-0.2, -0.15) is 0 Å². The molecule has 0 aromatic rings. The molecule has 0 spiro atoms. The monoisotopic (exact) mass is 232 g/mol. The third-order valence-electron chi connectivity index (χ3n) is 3.22. The van der Waals surface area contributed by atoms with Crippen LogP contribution in [-0.4, -0.2) is 36.8 Å². The van der Waals surface area contributed by atoms with E-state index in [4.69, 9.17) is 5.11 Å². The fourth-order valence-corrected chi connectivity index (χ4v) is 4.85. The number of carboxylic acid groups (broad SMARTS) is 1. The van der Waals surface area contributed by atoms with Crippen molar-refractivity contribution in [2.24, 2.45) is 17.8 Å². The van der Waals surface area contributed by atoms with Gasteiger partial charge >= 0.3 is 5.97 Å². The molecule has 0 radical (unpaired) electrons. The lowest BCUT2D eigenvalue weighted by atomic mass is 9.72. The molecule has 84 valence electrons. The minimum absolute atomic E-state index is 0.00241. The quantitative estimate of drug-likeness (QED) is 0.671. The number of Topliss-reactive ketones (excluding diaryl/α,β-unsaturated/α-hetero) is 1. The van der Waals surface area contributed by atoms with Crippen LogP contribution in [0.25, 0.3) is 0 Å². The molecule has 2 fully saturated rings. The molecule has 1 saturated heterocycles. The number of carbonyl (C=O) groups excluding carboxylic acids is 1. The molecule has 1 saturated carbocycles. The standard InChI is InChI=1S/C9H12O5S/c10-7-1-5-3-15(13,14)4-6(2-7)8(5)9(11)12/h5-6,8H,1-4H2,(H,11,12). The van der Waals surface area contributed by atoms with Crippen molar-refractivity contribution in [1.82, 2.24) is 0 Å². The summed E-state index contributed by atoms with van der Waals surface area (Å²) < 4.78 is 22.9. The van der Waals surface area contributed by atoms with Crippen molar-refractivity contribution < 1.29 is 23.1 Å². The highest BCUT2D eigenvalue weighted by atomic mass is 32.2. The van der Waals surface area contributed by atoms with E-state index >= 15 is 0 Å². The van der Waals surface area contributed by atoms with Crippen LogP contribution >= 0.6 is 0 Å². The Hall–Kier alpha value is -0.910. The average Bonchev–Trinajstić information content (AvgIpc) is 1.97. The molecule has 0 aromatic carbocycles. The molecule has 2 atom stereocenters. The molecule has 1 N–H and O–H groups in total. The van der Waals surface area contributed by atoms with Crippen LogP contribution in [0.5, 0.6) is 0 Å². The van der Waals surface area contributed by atoms with E-state index in [1.807, 2.05) is 0 Å². The largest absolute Gasteiger partial charge is 0.481 e. The first-order valence-electron chi connectivity index (χ1n) is 4.84. The summed E-state index contributed by atoms with van der Waals surface area (Å²) in [5.74, 6) is -2.92. The normalized spacial score (nSPS) is 38.7. The van der Waals surface area contributed by atoms with E-state index < -0.39 is 33.6 Å². The highest BCUT2D eigenvalue weighted by Crippen LogP contribution is 2.39. The Bertz CT molecular complexity index is 386. The van der Waals surface area contributed by atoms with E-state index in [0.29, 0.717) is 0 Å². The zero-order valence-corrected chi connectivity index (χ0v) is 8.87. The van der Waals surface area contributed by atoms with E-state index in [2.05, 4.69) is 0 Å². The predicted octanol–water partition coefficient (Wildman–Crippen LogP) is -0.289. The summed E-state index contributed by atoms with van der Waals surface area (Å²) in [4.78, 5) is 22.2. The molecular weight excluding hydrogens is 220 g/mol. The van der Waals surface area contributed by atoms with Crippen LogP contribution in [0.4, 0.5) is 0 Å². The number of sulfone groups is 1. The summed E-state index contributed by atoms with van der Waals surface area (Å²) in [7, 11) is -3.15. The number of rotatable bonds is 1. The van der Waals surface area contributed by atoms with Crippen LogP contribution in [0.1, 0.15) is 12.8 Å². The Morgan fingerprint density at radius 3 is 2.07 bits per heavy atom. The number of carbonyl (C=O) groups is 2. The summed E-state index contributed by atoms with van der Waals surface area (Å²) in [5, 5.41) is 8.99. The Morgan fingerprint density at radius 1 is 1.20 bits per heavy atom. The molecule has 2 bridgehead atoms. The number of ketones is 1. The topological polar surface area (TPSA) is 88.5 Å². The van der Waals surface area contributed by atoms with Gasteiger partial charge < -0.3 is 5.11 Å². The predicted molar refractivity (Wildman–Crippen MR) is 51.0 cm³/mol. The maximum absolute atomic E-state index is 11.4. The molecule has 2 unspecified atom stereocenters. The van der Waals surface area contributed by atoms with Gasteiger partial charge in [0.05, 0.1) is 17.4 Å². The van der Waals surface area contributed by atoms with E-state index in [9.17, 15) is 18.0 Å². The van der Waals surface area contributed by atoms with Crippen molar-refractivity contribution >= 4 is 21.6 Å². The summed E-state index contributed by atoms with van der Waals surface area (Å²) in [6, 6.07) is 0. The van der Waals surface area contributed by atoms with Crippen LogP contribution in [0, 0.1) is 17.8 Å². The second-order valence-electron chi connectivity index (χ2n) is 4.41. The van der Waals surface area contributed by atoms with Crippen LogP contribution in [0.15, 0.2) is 0 Å². The number of fused-ring (bicyclic) bond motifs is 2. The van der Waals surface area contributed by atoms with Crippen molar-refractivity contribution in [3.8, 4) is 0 Å². The third-order valence-corrected chi connectivity index (χ3v) is 5.09. The van der Waals surface area contributed by atoms with Crippen molar-refractivity contribution in [2.45, 2.75) is 12.8 Å². The van der Waals surface area contributed by atoms with E-state index in [-0.39, 0.29) is 30.1 Å². The van der Waals surface area contributed by atoms with Crippen molar-refractivity contribution in [2.75, 3.05) is 11.5 Å². The average molecular weight is 232 g/mol. The minimum Gasteiger partial charge on any atom is -0.481 e. The number of hydrogen-bond donors (Lipinski definition) is 1. The van der Waals surface area contributed by atoms with E-state index in [1.54, 1.807) is 0 Å². The lowest BCUT2D eigenvalue weighted by molar-refractivity contribution is -0.148. The Kier molecular flexibility index (Phi) is 2.33. The smallest absolute Gasteiger partial charge is 0.307 e. The van der Waals surface area contributed by atoms with Gasteiger partial charge in [-0.25, -0.2) is 8.42 Å². The van der Waals surface area contributed by atoms with Crippen LogP contribution in [0.3, 0.4) is 0 Å². The maximum Gasteiger partial charge on any atom is 0.307 e. The molecule has 1 aliphatic heterocycles. The molecule has 0 aromatic heterocycles. The highest BCUT2D eigenvalue weighted by molar-refractivity contribution is 7.91. The van der Waals surface area contributed by atoms with Crippen LogP contribution < -0.4 is 0 Å². The van der Waals surface area contributed by atoms with E-state index in [1.165, 1.54) is 0 Å². The first kappa shape index (κ1) is 10.6. The molecule has 1 heterocycles. The fourth-order valence-electron chi connectivity index (χ4n) is 2.76. The van der Waals surface area contributed by atoms with Gasteiger partial charge in [0, 0.05) is 12.8 Å². The second-order valence-corrected chi connectivity index (χ2v) is 6.56. The van der Waals surface area contributed by atoms with Gasteiger partial charge in [0.2, 0.25) is 0 Å². The molecule has 5 nitrogen and oxygen atoms in total. The Balaban J connectivity index is 2.33. The molecule has 2 aliphatic rings. The Morgan fingerprint density at radius 2 is 1.67 bits per heavy atom. The Labute approximate surface area is 87.4 Å². The molecule has 1 aliphatic carbocycles. The van der Waals surface area contributed by atoms with Crippen LogP contribution in [0.2, 0.25) is 0 Å². The van der Waals surface area contributed by atoms with Crippen LogP contribution in [-0.2, 0) is 19.4 Å². The summed E-state index contributed by atoms with van der Waals surface area (Å²) in [6.45, 7) is 0. The SMILES string of the molecule is O=C1CC2CS(=O)(=O)CC(C1)C2C(=O)O. The minimum atomic E-state index is -3.15. The summed E-state index contributed by atoms with van der Waals surface area (Å²) in [6.07, 6.45) is 0.208. The number of hydrogen-bond acceptors (Lipinski definition) is 4. The molecule has 6 heteroatoms. The van der Waals surface area contributed by atoms with E-state index in [0.717, 1.165) is 0 Å². The fraction of sp³-hybridized carbons (Fsp3) is 0.778. The van der Waals surface area contributed by atoms with Gasteiger partial charge in [-0.05, 0) is 11.8 Å². The zero-order chi connectivity index (χ0) is 11.2. The number of aliphatic carboxylic acids is 1. The molecule has 2 rings (SSSR count). The molecule has 0 amide bonds. The maximum atomic E-state index is 11.4. The van der Waals surface area contributed by atoms with Gasteiger partial charge in [0.1, 0.15) is 5.78 Å². The van der Waals surface area contributed by atoms with Gasteiger partial charge in [-0.3, -0.25) is 9.59 Å². The first-order chi connectivity index (χ1) is 6.89. The summed E-state index contributed by atoms with van der Waals surface area (Å²) >= 11 is 0. The molecular formula is C9H12O5S.